The predicted molar refractivity (Wildman–Crippen MR) is 537 cm³/mol. The number of nitrogens with zero attached hydrogens (tertiary/aromatic N) is 14. The number of aromatic nitrogens is 12. The summed E-state index contributed by atoms with van der Waals surface area (Å²) in [7, 11) is 0. The molecular weight excluding hydrogens is 1760 g/mol. The summed E-state index contributed by atoms with van der Waals surface area (Å²) in [6.07, 6.45) is 19.8. The summed E-state index contributed by atoms with van der Waals surface area (Å²) in [5.41, 5.74) is 13.0. The van der Waals surface area contributed by atoms with Gasteiger partial charge in [-0.2, -0.15) is 0 Å². The summed E-state index contributed by atoms with van der Waals surface area (Å²) in [5, 5.41) is 6.05. The summed E-state index contributed by atoms with van der Waals surface area (Å²) >= 11 is 6.07. The van der Waals surface area contributed by atoms with Crippen LogP contribution in [0, 0.1) is 13.8 Å². The number of imidazole rings is 4. The number of likely N-dealkylation sites (tertiary alicyclic amines) is 2. The lowest BCUT2D eigenvalue weighted by atomic mass is 10.0. The largest absolute Gasteiger partial charge is 0.457 e. The van der Waals surface area contributed by atoms with Gasteiger partial charge in [-0.15, -0.1) is 0 Å². The Bertz CT molecular complexity index is 7980. The van der Waals surface area contributed by atoms with E-state index in [2.05, 4.69) is 76.8 Å². The molecule has 1 unspecified atom stereocenters. The Morgan fingerprint density at radius 2 is 0.739 bits per heavy atom. The van der Waals surface area contributed by atoms with E-state index in [0.717, 1.165) is 50.6 Å². The smallest absolute Gasteiger partial charge is 0.338 e. The van der Waals surface area contributed by atoms with Crippen molar-refractivity contribution in [1.29, 1.82) is 0 Å². The number of nitrogens with one attached hydrogen (secondary N) is 2. The van der Waals surface area contributed by atoms with Gasteiger partial charge in [-0.25, -0.2) is 19.2 Å². The summed E-state index contributed by atoms with van der Waals surface area (Å²) in [6.45, 7) is 24.5. The number of fused-ring (bicyclic) bond motifs is 4. The standard InChI is InChI=1S/C28H21ClN4O3.C28H28N4O3.C28H22N4O3.C25H22N4O3/c1-3-27(34)31-20-7-5-8-21(16-20)32-24-12-13-30-17-25(24)33(28(32)35)22-10-11-26(18(2)14-22)36-23-9-4-6-19(29)15-23;1-4-27(33)30-15-13-22(18-30)32-25-12-14-29-17-26(25)31(28(32)34)21-8-10-23(11-9-21)35-24-7-5-6-20(16-24)19(2)3;1-3-27(33)30-20-8-5-9-21(16-20)31-25-13-14-29-18-26(25)32(28(31)34)22-10-6-12-24(17-22)35-23-11-4-7-19(2)15-23;1-2-24(30)27-14-12-19(17-27)29-22-11-13-26-16-23(22)28(25(29)31)18-7-6-10-21(15-18)32-20-8-4-3-5-9-20/h3-17H,1H2,2H3,(H,31,34);4-12,14,16-17,19,22H,1,13,15,18H2,2-3H3;3-18H,1H2,2H3,(H,30,33);2-11,13,15-16,19H,1,12,14,17H2/t;;;19-/m...1/s1. The lowest BCUT2D eigenvalue weighted by molar-refractivity contribution is -0.125. The van der Waals surface area contributed by atoms with Crippen molar-refractivity contribution < 1.29 is 38.1 Å². The van der Waals surface area contributed by atoms with Crippen LogP contribution in [0.2, 0.25) is 5.02 Å². The molecular formula is C109H93ClN16O12. The number of pyridine rings is 4. The highest BCUT2D eigenvalue weighted by Gasteiger charge is 2.33. The van der Waals surface area contributed by atoms with Gasteiger partial charge in [0.15, 0.2) is 0 Å². The van der Waals surface area contributed by atoms with Crippen LogP contribution < -0.4 is 52.3 Å². The van der Waals surface area contributed by atoms with Crippen LogP contribution in [0.5, 0.6) is 46.0 Å². The first-order valence-electron chi connectivity index (χ1n) is 44.4. The molecule has 20 rings (SSSR count). The molecule has 0 aliphatic carbocycles. The molecule has 2 aliphatic rings. The van der Waals surface area contributed by atoms with Gasteiger partial charge >= 0.3 is 22.8 Å². The number of carbonyl (C=O) groups excluding carboxylic acids is 4. The minimum Gasteiger partial charge on any atom is -0.457 e. The van der Waals surface area contributed by atoms with E-state index >= 15 is 0 Å². The molecule has 2 aliphatic heterocycles. The van der Waals surface area contributed by atoms with Crippen LogP contribution in [0.4, 0.5) is 11.4 Å². The number of amides is 4. The molecule has 138 heavy (non-hydrogen) atoms. The van der Waals surface area contributed by atoms with Gasteiger partial charge in [0.1, 0.15) is 46.0 Å². The van der Waals surface area contributed by atoms with E-state index in [-0.39, 0.29) is 58.5 Å². The second-order valence-corrected chi connectivity index (χ2v) is 33.3. The first kappa shape index (κ1) is 92.1. The predicted octanol–water partition coefficient (Wildman–Crippen LogP) is 20.5. The molecule has 0 saturated carbocycles. The second kappa shape index (κ2) is 41.1. The molecule has 18 aromatic rings. The molecule has 4 amide bonds. The van der Waals surface area contributed by atoms with Crippen molar-refractivity contribution in [2.75, 3.05) is 36.8 Å². The monoisotopic (exact) mass is 1850 g/mol. The number of rotatable bonds is 23. The Balaban J connectivity index is 0.000000127. The Hall–Kier alpha value is -17.8. The third-order valence-electron chi connectivity index (χ3n) is 23.4. The molecule has 8 aromatic heterocycles. The maximum atomic E-state index is 13.8. The van der Waals surface area contributed by atoms with Crippen LogP contribution in [-0.4, -0.2) is 116 Å². The van der Waals surface area contributed by atoms with Crippen LogP contribution in [0.15, 0.2) is 386 Å². The van der Waals surface area contributed by atoms with Crippen molar-refractivity contribution in [3.05, 3.63) is 431 Å². The fraction of sp³-hybridized carbons (Fsp3) is 0.119. The first-order valence-corrected chi connectivity index (χ1v) is 44.8. The van der Waals surface area contributed by atoms with Crippen molar-refractivity contribution in [2.24, 2.45) is 0 Å². The summed E-state index contributed by atoms with van der Waals surface area (Å²) in [6, 6.07) is 81.5. The Labute approximate surface area is 796 Å². The van der Waals surface area contributed by atoms with E-state index in [1.54, 1.807) is 157 Å². The second-order valence-electron chi connectivity index (χ2n) is 32.9. The zero-order valence-corrected chi connectivity index (χ0v) is 76.4. The van der Waals surface area contributed by atoms with Crippen molar-refractivity contribution in [3.8, 4) is 80.1 Å². The lowest BCUT2D eigenvalue weighted by Gasteiger charge is -2.15. The number of hydrogen-bond donors (Lipinski definition) is 2. The molecule has 2 atom stereocenters. The van der Waals surface area contributed by atoms with Crippen LogP contribution in [0.1, 0.15) is 61.4 Å². The van der Waals surface area contributed by atoms with E-state index in [4.69, 9.17) is 30.5 Å². The molecule has 0 bridgehead atoms. The molecule has 10 heterocycles. The fourth-order valence-corrected chi connectivity index (χ4v) is 17.1. The topological polar surface area (TPSA) is 295 Å². The number of benzene rings is 10. The van der Waals surface area contributed by atoms with Crippen molar-refractivity contribution in [3.63, 3.8) is 0 Å². The van der Waals surface area contributed by atoms with Crippen LogP contribution >= 0.6 is 11.6 Å². The number of halogens is 1. The maximum absolute atomic E-state index is 13.8. The summed E-state index contributed by atoms with van der Waals surface area (Å²) in [5.74, 6) is 4.97. The van der Waals surface area contributed by atoms with E-state index < -0.39 is 0 Å². The average Bonchev–Trinajstić information content (AvgIpc) is 1.61. The van der Waals surface area contributed by atoms with E-state index in [1.165, 1.54) is 29.9 Å². The third-order valence-corrected chi connectivity index (χ3v) is 23.7. The highest BCUT2D eigenvalue weighted by atomic mass is 35.5. The Kier molecular flexibility index (Phi) is 27.5. The number of ether oxygens (including phenoxy) is 4. The van der Waals surface area contributed by atoms with Crippen molar-refractivity contribution in [1.82, 2.24) is 66.3 Å². The quantitative estimate of drug-likeness (QED) is 0.0562. The molecule has 0 radical (unpaired) electrons. The summed E-state index contributed by atoms with van der Waals surface area (Å²) in [4.78, 5) is 123. The van der Waals surface area contributed by atoms with Gasteiger partial charge in [0.25, 0.3) is 0 Å². The molecule has 10 aromatic carbocycles. The van der Waals surface area contributed by atoms with Gasteiger partial charge in [-0.1, -0.05) is 125 Å². The number of anilines is 2. The highest BCUT2D eigenvalue weighted by molar-refractivity contribution is 6.30. The Morgan fingerprint density at radius 3 is 1.20 bits per heavy atom. The van der Waals surface area contributed by atoms with Gasteiger partial charge < -0.3 is 39.4 Å². The first-order chi connectivity index (χ1) is 67.1. The Morgan fingerprint density at radius 1 is 0.362 bits per heavy atom. The normalized spacial score (nSPS) is 13.2. The molecule has 29 heteroatoms. The minimum absolute atomic E-state index is 0.103. The highest BCUT2D eigenvalue weighted by Crippen LogP contribution is 2.36. The van der Waals surface area contributed by atoms with E-state index in [1.807, 2.05) is 214 Å². The maximum Gasteiger partial charge on any atom is 0.338 e. The number of aryl methyl sites for hydroxylation is 2. The van der Waals surface area contributed by atoms with Crippen molar-refractivity contribution >= 4 is 90.7 Å². The molecule has 2 N–H and O–H groups in total. The molecule has 28 nitrogen and oxygen atoms in total. The van der Waals surface area contributed by atoms with Gasteiger partial charge in [-0.05, 0) is 256 Å². The SMILES string of the molecule is C=CC(=O)N1CCC(n2c(=O)n(-c3ccc(Oc4cccc(C(C)C)c4)cc3)c3cnccc32)C1.C=CC(=O)N1CC[C@@H](n2c(=O)n(-c3cccc(Oc4ccccc4)c3)c3cnccc32)C1.C=CC(=O)Nc1cccc(-n2c(=O)n(-c3ccc(Oc4cccc(Cl)c4)c(C)c3)c3cnccc32)c1.C=CC(=O)Nc1cccc(-n2c(=O)n(-c3cccc(Oc4cccc(C)c4)c3)c3cnccc32)c1. The number of carbonyl (C=O) groups is 4. The molecule has 0 spiro atoms. The van der Waals surface area contributed by atoms with E-state index in [0.29, 0.717) is 146 Å². The van der Waals surface area contributed by atoms with Gasteiger partial charge in [-0.3, -0.25) is 75.7 Å². The van der Waals surface area contributed by atoms with Crippen LogP contribution in [0.3, 0.4) is 0 Å². The van der Waals surface area contributed by atoms with Gasteiger partial charge in [0, 0.05) is 79.5 Å². The molecule has 688 valence electrons. The summed E-state index contributed by atoms with van der Waals surface area (Å²) < 4.78 is 37.3. The average molecular weight is 1850 g/mol. The number of para-hydroxylation sites is 1. The van der Waals surface area contributed by atoms with Crippen LogP contribution in [0.25, 0.3) is 78.3 Å². The van der Waals surface area contributed by atoms with Crippen LogP contribution in [-0.2, 0) is 19.2 Å². The van der Waals surface area contributed by atoms with Crippen molar-refractivity contribution in [2.45, 2.75) is 58.5 Å². The van der Waals surface area contributed by atoms with Gasteiger partial charge in [0.2, 0.25) is 23.6 Å². The lowest BCUT2D eigenvalue weighted by Crippen LogP contribution is -2.31. The minimum atomic E-state index is -0.332. The van der Waals surface area contributed by atoms with E-state index in [9.17, 15) is 38.4 Å². The molecule has 2 saturated heterocycles. The number of hydrogen-bond acceptors (Lipinski definition) is 16. The third kappa shape index (κ3) is 20.0. The fourth-order valence-electron chi connectivity index (χ4n) is 16.9. The zero-order valence-electron chi connectivity index (χ0n) is 75.7. The molecule has 2 fully saturated rings. The van der Waals surface area contributed by atoms with Gasteiger partial charge in [0.05, 0.1) is 115 Å². The zero-order chi connectivity index (χ0) is 96.2.